The molecule has 206 valence electrons. The highest BCUT2D eigenvalue weighted by Crippen LogP contribution is 2.47. The topological polar surface area (TPSA) is 6.25 Å². The van der Waals surface area contributed by atoms with E-state index >= 15 is 0 Å². The second-order valence-corrected chi connectivity index (χ2v) is 12.3. The second kappa shape index (κ2) is 11.9. The molecule has 2 nitrogen and oxygen atoms in total. The van der Waals surface area contributed by atoms with Gasteiger partial charge >= 0.3 is 0 Å². The van der Waals surface area contributed by atoms with Crippen LogP contribution in [0.1, 0.15) is 89.5 Å². The van der Waals surface area contributed by atoms with Gasteiger partial charge in [0, 0.05) is 41.6 Å². The molecule has 0 atom stereocenters. The van der Waals surface area contributed by atoms with Crippen LogP contribution in [0.5, 0.6) is 0 Å². The molecule has 0 bridgehead atoms. The Balaban J connectivity index is 1.44. The molecule has 0 aromatic heterocycles. The Bertz CT molecular complexity index is 1340. The molecule has 0 aliphatic carbocycles. The number of unbranched alkanes of at least 4 members (excludes halogenated alkanes) is 2. The van der Waals surface area contributed by atoms with Gasteiger partial charge in [-0.05, 0) is 74.4 Å². The highest BCUT2D eigenvalue weighted by Gasteiger charge is 2.43. The van der Waals surface area contributed by atoms with E-state index in [4.69, 9.17) is 0 Å². The first kappa shape index (κ1) is 28.9. The predicted octanol–water partition coefficient (Wildman–Crippen LogP) is 9.36. The van der Waals surface area contributed by atoms with Gasteiger partial charge in [0.2, 0.25) is 5.69 Å². The third-order valence-corrected chi connectivity index (χ3v) is 8.79. The SMILES string of the molecule is CCCCc1ccc2c(c1)C(C)(C)C(=CC=CC=CC=CC1=[N+](C)c3ccc(CCCC)cc3C1(C)C)N2C. The maximum Gasteiger partial charge on any atom is 0.209 e. The van der Waals surface area contributed by atoms with Crippen LogP contribution in [0.25, 0.3) is 0 Å². The van der Waals surface area contributed by atoms with Gasteiger partial charge in [-0.2, -0.15) is 4.58 Å². The molecule has 0 unspecified atom stereocenters. The van der Waals surface area contributed by atoms with Gasteiger partial charge in [-0.25, -0.2) is 0 Å². The number of hydrogen-bond donors (Lipinski definition) is 0. The third-order valence-electron chi connectivity index (χ3n) is 8.79. The molecular formula is C37H49N2+. The Kier molecular flexibility index (Phi) is 8.84. The summed E-state index contributed by atoms with van der Waals surface area (Å²) in [7, 11) is 4.39. The highest BCUT2D eigenvalue weighted by atomic mass is 15.2. The molecular weight excluding hydrogens is 472 g/mol. The predicted molar refractivity (Wildman–Crippen MR) is 171 cm³/mol. The molecule has 4 rings (SSSR count). The molecule has 0 saturated heterocycles. The Morgan fingerprint density at radius 2 is 1.33 bits per heavy atom. The van der Waals surface area contributed by atoms with Gasteiger partial charge in [-0.15, -0.1) is 0 Å². The molecule has 2 aliphatic heterocycles. The van der Waals surface area contributed by atoms with Crippen LogP contribution in [0.15, 0.2) is 84.6 Å². The van der Waals surface area contributed by atoms with Crippen LogP contribution < -0.4 is 4.90 Å². The Morgan fingerprint density at radius 3 is 2.00 bits per heavy atom. The van der Waals surface area contributed by atoms with Crippen molar-refractivity contribution >= 4 is 17.1 Å². The summed E-state index contributed by atoms with van der Waals surface area (Å²) >= 11 is 0. The van der Waals surface area contributed by atoms with E-state index in [1.54, 1.807) is 0 Å². The van der Waals surface area contributed by atoms with Gasteiger partial charge in [-0.3, -0.25) is 0 Å². The van der Waals surface area contributed by atoms with Crippen LogP contribution >= 0.6 is 0 Å². The van der Waals surface area contributed by atoms with E-state index in [-0.39, 0.29) is 10.8 Å². The highest BCUT2D eigenvalue weighted by molar-refractivity contribution is 6.03. The zero-order chi connectivity index (χ0) is 28.2. The fraction of sp³-hybridized carbons (Fsp3) is 0.432. The number of fused-ring (bicyclic) bond motifs is 2. The number of hydrogen-bond acceptors (Lipinski definition) is 1. The van der Waals surface area contributed by atoms with Gasteiger partial charge in [0.15, 0.2) is 5.71 Å². The number of anilines is 1. The lowest BCUT2D eigenvalue weighted by molar-refractivity contribution is -0.401. The van der Waals surface area contributed by atoms with Gasteiger partial charge < -0.3 is 4.90 Å². The van der Waals surface area contributed by atoms with E-state index in [2.05, 4.69) is 144 Å². The Morgan fingerprint density at radius 1 is 0.744 bits per heavy atom. The summed E-state index contributed by atoms with van der Waals surface area (Å²) in [6, 6.07) is 14.1. The van der Waals surface area contributed by atoms with Gasteiger partial charge in [0.1, 0.15) is 7.05 Å². The lowest BCUT2D eigenvalue weighted by Gasteiger charge is -2.23. The number of allylic oxidation sites excluding steroid dienone is 8. The zero-order valence-corrected chi connectivity index (χ0v) is 25.6. The molecule has 2 heteroatoms. The number of nitrogens with zero attached hydrogens (tertiary/aromatic N) is 2. The van der Waals surface area contributed by atoms with Crippen molar-refractivity contribution in [2.75, 3.05) is 19.0 Å². The first-order valence-electron chi connectivity index (χ1n) is 15.0. The summed E-state index contributed by atoms with van der Waals surface area (Å²) in [6.07, 6.45) is 22.6. The van der Waals surface area contributed by atoms with Crippen LogP contribution in [-0.4, -0.2) is 24.4 Å². The normalized spacial score (nSPS) is 18.9. The Hall–Kier alpha value is -3.13. The summed E-state index contributed by atoms with van der Waals surface area (Å²) in [5.41, 5.74) is 11.1. The van der Waals surface area contributed by atoms with Crippen molar-refractivity contribution in [2.45, 2.75) is 90.9 Å². The maximum absolute atomic E-state index is 2.43. The van der Waals surface area contributed by atoms with Crippen molar-refractivity contribution in [1.29, 1.82) is 0 Å². The van der Waals surface area contributed by atoms with E-state index in [1.807, 2.05) is 0 Å². The third kappa shape index (κ3) is 5.76. The average molecular weight is 522 g/mol. The van der Waals surface area contributed by atoms with Crippen LogP contribution in [0, 0.1) is 0 Å². The van der Waals surface area contributed by atoms with Gasteiger partial charge in [0.05, 0.1) is 5.41 Å². The first-order valence-corrected chi connectivity index (χ1v) is 15.0. The molecule has 2 aliphatic rings. The summed E-state index contributed by atoms with van der Waals surface area (Å²) in [4.78, 5) is 2.35. The van der Waals surface area contributed by atoms with E-state index in [0.29, 0.717) is 0 Å². The van der Waals surface area contributed by atoms with Crippen LogP contribution in [0.2, 0.25) is 0 Å². The van der Waals surface area contributed by atoms with Crippen molar-refractivity contribution in [2.24, 2.45) is 0 Å². The summed E-state index contributed by atoms with van der Waals surface area (Å²) in [5, 5.41) is 0. The quantitative estimate of drug-likeness (QED) is 0.223. The Labute approximate surface area is 238 Å². The van der Waals surface area contributed by atoms with Gasteiger partial charge in [0.25, 0.3) is 0 Å². The summed E-state index contributed by atoms with van der Waals surface area (Å²) in [6.45, 7) is 13.9. The van der Waals surface area contributed by atoms with Gasteiger partial charge in [-0.1, -0.05) is 89.1 Å². The first-order chi connectivity index (χ1) is 18.6. The van der Waals surface area contributed by atoms with Crippen molar-refractivity contribution in [1.82, 2.24) is 0 Å². The van der Waals surface area contributed by atoms with Crippen molar-refractivity contribution in [3.8, 4) is 0 Å². The lowest BCUT2D eigenvalue weighted by Crippen LogP contribution is -2.26. The largest absolute Gasteiger partial charge is 0.347 e. The number of rotatable bonds is 10. The number of benzene rings is 2. The second-order valence-electron chi connectivity index (χ2n) is 12.3. The molecule has 2 aromatic carbocycles. The zero-order valence-electron chi connectivity index (χ0n) is 25.6. The minimum absolute atomic E-state index is 0.000948. The summed E-state index contributed by atoms with van der Waals surface area (Å²) in [5.74, 6) is 0. The molecule has 0 fully saturated rings. The fourth-order valence-electron chi connectivity index (χ4n) is 6.33. The number of aryl methyl sites for hydroxylation is 2. The maximum atomic E-state index is 2.43. The van der Waals surface area contributed by atoms with Crippen LogP contribution in [0.4, 0.5) is 11.4 Å². The van der Waals surface area contributed by atoms with Crippen LogP contribution in [0.3, 0.4) is 0 Å². The van der Waals surface area contributed by atoms with Crippen molar-refractivity contribution in [3.63, 3.8) is 0 Å². The van der Waals surface area contributed by atoms with E-state index < -0.39 is 0 Å². The molecule has 0 spiro atoms. The molecule has 2 heterocycles. The van der Waals surface area contributed by atoms with E-state index in [9.17, 15) is 0 Å². The van der Waals surface area contributed by atoms with Crippen molar-refractivity contribution < 1.29 is 4.58 Å². The van der Waals surface area contributed by atoms with E-state index in [0.717, 1.165) is 0 Å². The fourth-order valence-corrected chi connectivity index (χ4v) is 6.33. The molecule has 0 saturated carbocycles. The lowest BCUT2D eigenvalue weighted by atomic mass is 9.80. The standard InChI is InChI=1S/C37H49N2/c1-9-11-18-28-22-24-32-30(26-28)36(3,4)34(38(32)7)20-16-14-13-15-17-21-35-37(5,6)31-27-29(19-12-10-2)23-25-33(31)39(35)8/h13-17,20-27H,9-12,18-19H2,1-8H3/q+1. The van der Waals surface area contributed by atoms with Crippen molar-refractivity contribution in [3.05, 3.63) is 107 Å². The minimum Gasteiger partial charge on any atom is -0.347 e. The molecule has 0 amide bonds. The average Bonchev–Trinajstić information content (AvgIpc) is 3.22. The minimum atomic E-state index is 0.000948. The molecule has 39 heavy (non-hydrogen) atoms. The molecule has 0 N–H and O–H groups in total. The molecule has 2 aromatic rings. The van der Waals surface area contributed by atoms with E-state index in [1.165, 1.54) is 83.6 Å². The van der Waals surface area contributed by atoms with Crippen LogP contribution in [-0.2, 0) is 23.7 Å². The number of likely N-dealkylation sites (N-methyl/N-ethyl adjacent to an activating group) is 1. The summed E-state index contributed by atoms with van der Waals surface area (Å²) < 4.78 is 2.35. The smallest absolute Gasteiger partial charge is 0.209 e. The monoisotopic (exact) mass is 521 g/mol. The molecule has 0 radical (unpaired) electrons.